The molecule has 0 aliphatic heterocycles. The third-order valence-electron chi connectivity index (χ3n) is 4.01. The number of halogens is 1. The number of hydrogen-bond acceptors (Lipinski definition) is 5. The highest BCUT2D eigenvalue weighted by atomic mass is 131. The first-order chi connectivity index (χ1) is 14.3. The van der Waals surface area contributed by atoms with Crippen LogP contribution in [0.15, 0.2) is 48.5 Å². The van der Waals surface area contributed by atoms with Crippen molar-refractivity contribution in [1.29, 1.82) is 0 Å². The van der Waals surface area contributed by atoms with Gasteiger partial charge in [-0.1, -0.05) is 59.0 Å². The Morgan fingerprint density at radius 3 is 1.69 bits per heavy atom. The fourth-order valence-corrected chi connectivity index (χ4v) is 2.75. The van der Waals surface area contributed by atoms with Gasteiger partial charge >= 0.3 is 0 Å². The highest BCUT2D eigenvalue weighted by molar-refractivity contribution is 14.1. The Bertz CT molecular complexity index is 689. The molecular formula is C23H30INO4. The minimum absolute atomic E-state index is 0.520. The second kappa shape index (κ2) is 15.3. The van der Waals surface area contributed by atoms with Crippen LogP contribution in [0.5, 0.6) is 5.75 Å². The van der Waals surface area contributed by atoms with Crippen molar-refractivity contribution in [2.75, 3.05) is 63.0 Å². The molecule has 0 saturated carbocycles. The Hall–Kier alpha value is -1.61. The number of hydrogen-bond donors (Lipinski definition) is 1. The van der Waals surface area contributed by atoms with E-state index in [-0.39, 0.29) is 0 Å². The first-order valence-electron chi connectivity index (χ1n) is 9.80. The van der Waals surface area contributed by atoms with E-state index in [2.05, 4.69) is 64.3 Å². The molecule has 0 aliphatic rings. The van der Waals surface area contributed by atoms with Crippen molar-refractivity contribution >= 4 is 40.4 Å². The Morgan fingerprint density at radius 1 is 0.690 bits per heavy atom. The maximum absolute atomic E-state index is 5.70. The first-order valence-corrected chi connectivity index (χ1v) is 11.3. The van der Waals surface area contributed by atoms with Gasteiger partial charge in [-0.25, -0.2) is 0 Å². The first kappa shape index (κ1) is 23.7. The van der Waals surface area contributed by atoms with Crippen molar-refractivity contribution in [2.45, 2.75) is 0 Å². The van der Waals surface area contributed by atoms with Gasteiger partial charge in [0, 0.05) is 17.2 Å². The summed E-state index contributed by atoms with van der Waals surface area (Å²) in [5.74, 6) is 0.841. The molecule has 0 atom stereocenters. The van der Waals surface area contributed by atoms with Gasteiger partial charge in [0.1, 0.15) is 12.4 Å². The molecule has 2 aromatic carbocycles. The van der Waals surface area contributed by atoms with E-state index in [4.69, 9.17) is 18.9 Å². The van der Waals surface area contributed by atoms with Crippen molar-refractivity contribution in [1.82, 2.24) is 0 Å². The lowest BCUT2D eigenvalue weighted by Gasteiger charge is -2.08. The van der Waals surface area contributed by atoms with Crippen LogP contribution < -0.4 is 10.1 Å². The molecule has 0 amide bonds. The van der Waals surface area contributed by atoms with Gasteiger partial charge < -0.3 is 24.3 Å². The lowest BCUT2D eigenvalue weighted by molar-refractivity contribution is 0.0120. The lowest BCUT2D eigenvalue weighted by atomic mass is 10.1. The van der Waals surface area contributed by atoms with Gasteiger partial charge in [0.25, 0.3) is 0 Å². The highest BCUT2D eigenvalue weighted by Crippen LogP contribution is 2.15. The summed E-state index contributed by atoms with van der Waals surface area (Å²) in [6, 6.07) is 16.3. The average Bonchev–Trinajstić information content (AvgIpc) is 2.77. The molecule has 1 N–H and O–H groups in total. The van der Waals surface area contributed by atoms with E-state index in [1.165, 1.54) is 5.56 Å². The molecule has 0 aromatic heterocycles. The fourth-order valence-electron chi connectivity index (χ4n) is 2.44. The average molecular weight is 515 g/mol. The number of anilines is 1. The van der Waals surface area contributed by atoms with Gasteiger partial charge in [0.05, 0.1) is 39.6 Å². The minimum atomic E-state index is 0.520. The number of ether oxygens (including phenoxy) is 4. The molecule has 0 spiro atoms. The van der Waals surface area contributed by atoms with Gasteiger partial charge in [-0.3, -0.25) is 0 Å². The van der Waals surface area contributed by atoms with Crippen LogP contribution in [0.2, 0.25) is 0 Å². The van der Waals surface area contributed by atoms with Gasteiger partial charge in [-0.05, 0) is 35.4 Å². The zero-order chi connectivity index (χ0) is 20.6. The smallest absolute Gasteiger partial charge is 0.119 e. The summed E-state index contributed by atoms with van der Waals surface area (Å²) in [4.78, 5) is 0. The van der Waals surface area contributed by atoms with Crippen molar-refractivity contribution in [3.8, 4) is 5.75 Å². The maximum atomic E-state index is 5.70. The second-order valence-electron chi connectivity index (χ2n) is 6.15. The summed E-state index contributed by atoms with van der Waals surface area (Å²) in [5, 5.41) is 3.12. The third-order valence-corrected chi connectivity index (χ3v) is 4.45. The van der Waals surface area contributed by atoms with Crippen LogP contribution in [0.3, 0.4) is 0 Å². The Kier molecular flexibility index (Phi) is 12.5. The maximum Gasteiger partial charge on any atom is 0.119 e. The lowest BCUT2D eigenvalue weighted by Crippen LogP contribution is -2.13. The van der Waals surface area contributed by atoms with Crippen molar-refractivity contribution in [3.05, 3.63) is 59.7 Å². The van der Waals surface area contributed by atoms with E-state index >= 15 is 0 Å². The van der Waals surface area contributed by atoms with Gasteiger partial charge in [0.2, 0.25) is 0 Å². The van der Waals surface area contributed by atoms with Crippen molar-refractivity contribution < 1.29 is 18.9 Å². The molecular weight excluding hydrogens is 485 g/mol. The van der Waals surface area contributed by atoms with Crippen LogP contribution in [0, 0.1) is 0 Å². The predicted octanol–water partition coefficient (Wildman–Crippen LogP) is 4.76. The number of alkyl halides is 1. The van der Waals surface area contributed by atoms with Crippen LogP contribution in [0.4, 0.5) is 5.69 Å². The molecule has 158 valence electrons. The molecule has 2 rings (SSSR count). The van der Waals surface area contributed by atoms with Crippen LogP contribution in [0.1, 0.15) is 11.1 Å². The second-order valence-corrected chi connectivity index (χ2v) is 7.23. The topological polar surface area (TPSA) is 49.0 Å². The number of benzene rings is 2. The van der Waals surface area contributed by atoms with Gasteiger partial charge in [0.15, 0.2) is 0 Å². The summed E-state index contributed by atoms with van der Waals surface area (Å²) >= 11 is 2.29. The van der Waals surface area contributed by atoms with Gasteiger partial charge in [-0.15, -0.1) is 0 Å². The molecule has 29 heavy (non-hydrogen) atoms. The molecule has 0 bridgehead atoms. The van der Waals surface area contributed by atoms with Crippen LogP contribution >= 0.6 is 22.6 Å². The van der Waals surface area contributed by atoms with E-state index in [9.17, 15) is 0 Å². The summed E-state index contributed by atoms with van der Waals surface area (Å²) < 4.78 is 23.0. The fraction of sp³-hybridized carbons (Fsp3) is 0.391. The summed E-state index contributed by atoms with van der Waals surface area (Å²) in [6.07, 6.45) is 4.19. The van der Waals surface area contributed by atoms with E-state index in [0.29, 0.717) is 39.6 Å². The molecule has 0 saturated heterocycles. The standard InChI is InChI=1S/C23H30INO4/c1-25-22-8-4-20(5-9-22)2-3-21-6-10-23(11-7-21)29-19-18-28-17-16-27-15-14-26-13-12-24/h2-11,25H,12-19H2,1H3/b3-2+/i24+4. The molecule has 0 unspecified atom stereocenters. The SMILES string of the molecule is CNc1ccc(/C=C/c2ccc(OCCOCCOCCOCC[131I])cc2)cc1. The molecule has 0 radical (unpaired) electrons. The molecule has 5 nitrogen and oxygen atoms in total. The van der Waals surface area contributed by atoms with Crippen molar-refractivity contribution in [2.24, 2.45) is 0 Å². The van der Waals surface area contributed by atoms with Crippen LogP contribution in [-0.2, 0) is 14.2 Å². The Balaban J connectivity index is 1.56. The molecule has 0 fully saturated rings. The summed E-state index contributed by atoms with van der Waals surface area (Å²) in [5.41, 5.74) is 3.40. The third kappa shape index (κ3) is 10.7. The predicted molar refractivity (Wildman–Crippen MR) is 128 cm³/mol. The zero-order valence-corrected chi connectivity index (χ0v) is 19.1. The zero-order valence-electron chi connectivity index (χ0n) is 16.9. The monoisotopic (exact) mass is 515 g/mol. The quantitative estimate of drug-likeness (QED) is 0.161. The van der Waals surface area contributed by atoms with Crippen molar-refractivity contribution in [3.63, 3.8) is 0 Å². The molecule has 2 aromatic rings. The Labute approximate surface area is 187 Å². The molecule has 6 heteroatoms. The summed E-state index contributed by atoms with van der Waals surface area (Å²) in [7, 11) is 1.92. The largest absolute Gasteiger partial charge is 0.491 e. The van der Waals surface area contributed by atoms with E-state index < -0.39 is 0 Å². The Morgan fingerprint density at radius 2 is 1.17 bits per heavy atom. The van der Waals surface area contributed by atoms with Gasteiger partial charge in [-0.2, -0.15) is 0 Å². The highest BCUT2D eigenvalue weighted by Gasteiger charge is 1.96. The normalized spacial score (nSPS) is 11.1. The number of rotatable bonds is 15. The van der Waals surface area contributed by atoms with E-state index in [1.54, 1.807) is 0 Å². The van der Waals surface area contributed by atoms with Crippen LogP contribution in [0.25, 0.3) is 12.2 Å². The van der Waals surface area contributed by atoms with Crippen LogP contribution in [-0.4, -0.2) is 57.7 Å². The number of nitrogens with one attached hydrogen (secondary N) is 1. The summed E-state index contributed by atoms with van der Waals surface area (Å²) in [6.45, 7) is 4.23. The van der Waals surface area contributed by atoms with E-state index in [1.807, 2.05) is 31.3 Å². The minimum Gasteiger partial charge on any atom is -0.491 e. The molecule has 0 aliphatic carbocycles. The molecule has 0 heterocycles. The van der Waals surface area contributed by atoms with E-state index in [0.717, 1.165) is 28.0 Å².